The van der Waals surface area contributed by atoms with E-state index in [9.17, 15) is 20.3 Å². The highest BCUT2D eigenvalue weighted by atomic mass is 16.6. The molecule has 1 aliphatic carbocycles. The van der Waals surface area contributed by atoms with Crippen molar-refractivity contribution >= 4 is 5.57 Å². The lowest BCUT2D eigenvalue weighted by molar-refractivity contribution is -0.553. The van der Waals surface area contributed by atoms with E-state index in [0.717, 1.165) is 0 Å². The molecule has 120 valence electrons. The molecular formula is C18H19NO4. The lowest BCUT2D eigenvalue weighted by Gasteiger charge is -2.25. The third kappa shape index (κ3) is 3.18. The van der Waals surface area contributed by atoms with E-state index in [1.165, 1.54) is 24.3 Å². The highest BCUT2D eigenvalue weighted by Gasteiger charge is 2.41. The highest BCUT2D eigenvalue weighted by Crippen LogP contribution is 2.36. The molecule has 1 aliphatic rings. The SMILES string of the molecule is C=CCc1cc(C2=CC(CC=C)([N+](=O)[O-])CC=C2O)ccc1O. The fourth-order valence-electron chi connectivity index (χ4n) is 2.68. The third-order valence-electron chi connectivity index (χ3n) is 3.95. The zero-order valence-corrected chi connectivity index (χ0v) is 12.7. The van der Waals surface area contributed by atoms with E-state index in [1.807, 2.05) is 0 Å². The molecule has 0 bridgehead atoms. The van der Waals surface area contributed by atoms with Crippen molar-refractivity contribution in [1.82, 2.24) is 0 Å². The largest absolute Gasteiger partial charge is 0.508 e. The Morgan fingerprint density at radius 3 is 2.65 bits per heavy atom. The van der Waals surface area contributed by atoms with Crippen LogP contribution >= 0.6 is 0 Å². The van der Waals surface area contributed by atoms with Crippen molar-refractivity contribution in [2.75, 3.05) is 0 Å². The van der Waals surface area contributed by atoms with Crippen molar-refractivity contribution < 1.29 is 15.1 Å². The molecule has 0 aliphatic heterocycles. The maximum Gasteiger partial charge on any atom is 0.248 e. The summed E-state index contributed by atoms with van der Waals surface area (Å²) in [6.07, 6.45) is 6.85. The van der Waals surface area contributed by atoms with Crippen LogP contribution in [0.1, 0.15) is 24.0 Å². The number of allylic oxidation sites excluding steroid dienone is 2. The summed E-state index contributed by atoms with van der Waals surface area (Å²) in [6.45, 7) is 7.23. The summed E-state index contributed by atoms with van der Waals surface area (Å²) in [6, 6.07) is 4.84. The Balaban J connectivity index is 2.54. The van der Waals surface area contributed by atoms with E-state index in [4.69, 9.17) is 0 Å². The van der Waals surface area contributed by atoms with Crippen molar-refractivity contribution in [3.63, 3.8) is 0 Å². The van der Waals surface area contributed by atoms with Gasteiger partial charge in [-0.1, -0.05) is 18.2 Å². The first-order valence-corrected chi connectivity index (χ1v) is 7.24. The average molecular weight is 313 g/mol. The van der Waals surface area contributed by atoms with E-state index in [0.29, 0.717) is 23.1 Å². The van der Waals surface area contributed by atoms with Gasteiger partial charge in [-0.05, 0) is 35.8 Å². The second-order valence-electron chi connectivity index (χ2n) is 5.54. The molecule has 0 heterocycles. The van der Waals surface area contributed by atoms with Crippen LogP contribution in [0.25, 0.3) is 5.57 Å². The number of nitrogens with zero attached hydrogens (tertiary/aromatic N) is 1. The van der Waals surface area contributed by atoms with Crippen LogP contribution < -0.4 is 0 Å². The number of aromatic hydroxyl groups is 1. The molecule has 1 unspecified atom stereocenters. The summed E-state index contributed by atoms with van der Waals surface area (Å²) in [5.41, 5.74) is 0.343. The Morgan fingerprint density at radius 1 is 1.30 bits per heavy atom. The molecule has 0 saturated carbocycles. The first kappa shape index (κ1) is 16.5. The van der Waals surface area contributed by atoms with Crippen LogP contribution in [-0.4, -0.2) is 20.7 Å². The van der Waals surface area contributed by atoms with Crippen LogP contribution in [0.15, 0.2) is 61.4 Å². The lowest BCUT2D eigenvalue weighted by Crippen LogP contribution is -2.37. The van der Waals surface area contributed by atoms with Crippen LogP contribution in [0.3, 0.4) is 0 Å². The summed E-state index contributed by atoms with van der Waals surface area (Å²) < 4.78 is 0. The van der Waals surface area contributed by atoms with Gasteiger partial charge in [0.05, 0.1) is 0 Å². The Morgan fingerprint density at radius 2 is 2.04 bits per heavy atom. The Kier molecular flexibility index (Phi) is 4.69. The summed E-state index contributed by atoms with van der Waals surface area (Å²) in [7, 11) is 0. The van der Waals surface area contributed by atoms with E-state index in [-0.39, 0.29) is 29.3 Å². The zero-order chi connectivity index (χ0) is 17.0. The monoisotopic (exact) mass is 313 g/mol. The Hall–Kier alpha value is -2.82. The Bertz CT molecular complexity index is 718. The summed E-state index contributed by atoms with van der Waals surface area (Å²) in [5, 5.41) is 31.5. The minimum Gasteiger partial charge on any atom is -0.508 e. The maximum atomic E-state index is 11.5. The molecule has 0 fully saturated rings. The smallest absolute Gasteiger partial charge is 0.248 e. The van der Waals surface area contributed by atoms with Crippen molar-refractivity contribution in [2.24, 2.45) is 0 Å². The fraction of sp³-hybridized carbons (Fsp3) is 0.222. The van der Waals surface area contributed by atoms with Crippen LogP contribution in [0.4, 0.5) is 0 Å². The zero-order valence-electron chi connectivity index (χ0n) is 12.7. The van der Waals surface area contributed by atoms with Crippen LogP contribution in [0, 0.1) is 10.1 Å². The van der Waals surface area contributed by atoms with Crippen molar-refractivity contribution in [3.05, 3.63) is 82.7 Å². The second-order valence-corrected chi connectivity index (χ2v) is 5.54. The molecule has 0 aromatic heterocycles. The normalized spacial score (nSPS) is 20.3. The van der Waals surface area contributed by atoms with Crippen LogP contribution in [-0.2, 0) is 6.42 Å². The van der Waals surface area contributed by atoms with Crippen molar-refractivity contribution in [1.29, 1.82) is 0 Å². The third-order valence-corrected chi connectivity index (χ3v) is 3.95. The molecule has 5 heteroatoms. The molecule has 0 radical (unpaired) electrons. The molecule has 1 aromatic rings. The second kappa shape index (κ2) is 6.52. The van der Waals surface area contributed by atoms with E-state index < -0.39 is 5.54 Å². The van der Waals surface area contributed by atoms with Gasteiger partial charge in [0.1, 0.15) is 11.5 Å². The number of hydrogen-bond acceptors (Lipinski definition) is 4. The van der Waals surface area contributed by atoms with Gasteiger partial charge in [0, 0.05) is 29.4 Å². The number of aliphatic hydroxyl groups is 1. The molecule has 0 amide bonds. The first-order chi connectivity index (χ1) is 10.9. The topological polar surface area (TPSA) is 83.6 Å². The van der Waals surface area contributed by atoms with Gasteiger partial charge in [-0.25, -0.2) is 0 Å². The number of hydrogen-bond donors (Lipinski definition) is 2. The minimum absolute atomic E-state index is 0.00165. The number of rotatable bonds is 6. The van der Waals surface area contributed by atoms with E-state index in [1.54, 1.807) is 18.2 Å². The summed E-state index contributed by atoms with van der Waals surface area (Å²) in [5.74, 6) is 0.127. The molecule has 0 saturated heterocycles. The summed E-state index contributed by atoms with van der Waals surface area (Å²) in [4.78, 5) is 11.2. The quantitative estimate of drug-likeness (QED) is 0.473. The van der Waals surface area contributed by atoms with Gasteiger partial charge in [0.25, 0.3) is 0 Å². The molecule has 23 heavy (non-hydrogen) atoms. The van der Waals surface area contributed by atoms with Crippen molar-refractivity contribution in [3.8, 4) is 5.75 Å². The predicted octanol–water partition coefficient (Wildman–Crippen LogP) is 3.94. The molecule has 1 atom stereocenters. The molecule has 5 nitrogen and oxygen atoms in total. The van der Waals surface area contributed by atoms with Gasteiger partial charge in [-0.15, -0.1) is 13.2 Å². The minimum atomic E-state index is -1.31. The molecule has 0 spiro atoms. The van der Waals surface area contributed by atoms with Gasteiger partial charge in [0.15, 0.2) is 0 Å². The van der Waals surface area contributed by atoms with E-state index >= 15 is 0 Å². The highest BCUT2D eigenvalue weighted by molar-refractivity contribution is 5.79. The molecule has 2 N–H and O–H groups in total. The number of benzene rings is 1. The van der Waals surface area contributed by atoms with E-state index in [2.05, 4.69) is 13.2 Å². The molecule has 1 aromatic carbocycles. The van der Waals surface area contributed by atoms with Gasteiger partial charge in [-0.2, -0.15) is 0 Å². The van der Waals surface area contributed by atoms with Gasteiger partial charge in [0.2, 0.25) is 5.54 Å². The fourth-order valence-corrected chi connectivity index (χ4v) is 2.68. The maximum absolute atomic E-state index is 11.5. The van der Waals surface area contributed by atoms with Crippen molar-refractivity contribution in [2.45, 2.75) is 24.8 Å². The standard InChI is InChI=1S/C18H19NO4/c1-3-5-14-11-13(6-7-16(14)20)15-12-18(9-4-2,19(22)23)10-8-17(15)21/h3-4,6-8,11-12,20-21H,1-2,5,9-10H2. The van der Waals surface area contributed by atoms with Crippen LogP contribution in [0.5, 0.6) is 5.75 Å². The first-order valence-electron chi connectivity index (χ1n) is 7.24. The van der Waals surface area contributed by atoms with Gasteiger partial charge in [-0.3, -0.25) is 10.1 Å². The number of phenolic OH excluding ortho intramolecular Hbond substituents is 1. The summed E-state index contributed by atoms with van der Waals surface area (Å²) >= 11 is 0. The average Bonchev–Trinajstić information content (AvgIpc) is 2.52. The van der Waals surface area contributed by atoms with Crippen LogP contribution in [0.2, 0.25) is 0 Å². The number of phenols is 1. The van der Waals surface area contributed by atoms with Gasteiger partial charge < -0.3 is 10.2 Å². The molecule has 2 rings (SSSR count). The van der Waals surface area contributed by atoms with Gasteiger partial charge >= 0.3 is 0 Å². The number of nitro groups is 1. The molecular weight excluding hydrogens is 294 g/mol. The predicted molar refractivity (Wildman–Crippen MR) is 89.9 cm³/mol. The lowest BCUT2D eigenvalue weighted by atomic mass is 9.82. The number of aliphatic hydroxyl groups excluding tert-OH is 1. The Labute approximate surface area is 134 Å².